The molecule has 0 aliphatic carbocycles. The van der Waals surface area contributed by atoms with Crippen molar-refractivity contribution in [2.75, 3.05) is 25.0 Å². The Bertz CT molecular complexity index is 693. The second-order valence-corrected chi connectivity index (χ2v) is 6.11. The minimum absolute atomic E-state index is 0.235. The number of imidazole rings is 1. The van der Waals surface area contributed by atoms with E-state index in [0.29, 0.717) is 26.2 Å². The highest BCUT2D eigenvalue weighted by Crippen LogP contribution is 2.17. The summed E-state index contributed by atoms with van der Waals surface area (Å²) in [6.07, 6.45) is 5.11. The number of carbonyl (C=O) groups is 1. The van der Waals surface area contributed by atoms with Crippen LogP contribution in [-0.2, 0) is 11.3 Å². The van der Waals surface area contributed by atoms with Gasteiger partial charge in [0.2, 0.25) is 5.95 Å². The van der Waals surface area contributed by atoms with Crippen LogP contribution in [0.4, 0.5) is 15.1 Å². The van der Waals surface area contributed by atoms with Crippen molar-refractivity contribution >= 4 is 12.0 Å². The van der Waals surface area contributed by atoms with Gasteiger partial charge < -0.3 is 19.5 Å². The van der Waals surface area contributed by atoms with Gasteiger partial charge in [0, 0.05) is 31.5 Å². The van der Waals surface area contributed by atoms with Gasteiger partial charge in [-0.25, -0.2) is 14.2 Å². The van der Waals surface area contributed by atoms with E-state index in [1.807, 2.05) is 17.7 Å². The molecule has 3 rings (SSSR count). The van der Waals surface area contributed by atoms with Crippen LogP contribution in [0.3, 0.4) is 0 Å². The van der Waals surface area contributed by atoms with Crippen LogP contribution in [-0.4, -0.2) is 46.3 Å². The summed E-state index contributed by atoms with van der Waals surface area (Å²) in [6, 6.07) is 6.74. The fraction of sp³-hybridized carbons (Fsp3) is 0.444. The molecule has 6 nitrogen and oxygen atoms in total. The fourth-order valence-electron chi connectivity index (χ4n) is 2.97. The SMILES string of the molecule is CCOC(=O)N1CCC(Nc2nccn2Cc2ccc(F)cc2)CC1. The van der Waals surface area contributed by atoms with E-state index < -0.39 is 0 Å². The Labute approximate surface area is 146 Å². The lowest BCUT2D eigenvalue weighted by Crippen LogP contribution is -2.42. The van der Waals surface area contributed by atoms with Crippen molar-refractivity contribution in [2.45, 2.75) is 32.4 Å². The van der Waals surface area contributed by atoms with Crippen molar-refractivity contribution in [1.82, 2.24) is 14.5 Å². The molecule has 2 heterocycles. The van der Waals surface area contributed by atoms with E-state index in [9.17, 15) is 9.18 Å². The minimum Gasteiger partial charge on any atom is -0.450 e. The van der Waals surface area contributed by atoms with E-state index in [1.54, 1.807) is 23.2 Å². The van der Waals surface area contributed by atoms with Crippen LogP contribution < -0.4 is 5.32 Å². The number of nitrogens with zero attached hydrogens (tertiary/aromatic N) is 3. The lowest BCUT2D eigenvalue weighted by Gasteiger charge is -2.31. The number of aromatic nitrogens is 2. The van der Waals surface area contributed by atoms with Gasteiger partial charge in [-0.1, -0.05) is 12.1 Å². The largest absolute Gasteiger partial charge is 0.450 e. The maximum Gasteiger partial charge on any atom is 0.409 e. The first-order valence-corrected chi connectivity index (χ1v) is 8.59. The normalized spacial score (nSPS) is 15.2. The van der Waals surface area contributed by atoms with Gasteiger partial charge in [-0.05, 0) is 37.5 Å². The van der Waals surface area contributed by atoms with E-state index in [1.165, 1.54) is 12.1 Å². The van der Waals surface area contributed by atoms with Crippen LogP contribution in [0.25, 0.3) is 0 Å². The Kier molecular flexibility index (Phi) is 5.53. The standard InChI is InChI=1S/C18H23FN4O2/c1-2-25-18(24)22-10-7-16(8-11-22)21-17-20-9-12-23(17)13-14-3-5-15(19)6-4-14/h3-6,9,12,16H,2,7-8,10-11,13H2,1H3,(H,20,21). The number of anilines is 1. The highest BCUT2D eigenvalue weighted by Gasteiger charge is 2.24. The van der Waals surface area contributed by atoms with Crippen molar-refractivity contribution in [2.24, 2.45) is 0 Å². The molecule has 0 radical (unpaired) electrons. The predicted molar refractivity (Wildman–Crippen MR) is 93.0 cm³/mol. The van der Waals surface area contributed by atoms with E-state index >= 15 is 0 Å². The van der Waals surface area contributed by atoms with Crippen LogP contribution >= 0.6 is 0 Å². The van der Waals surface area contributed by atoms with E-state index in [-0.39, 0.29) is 18.0 Å². The molecule has 1 aromatic carbocycles. The van der Waals surface area contributed by atoms with Crippen molar-refractivity contribution in [3.63, 3.8) is 0 Å². The number of benzene rings is 1. The van der Waals surface area contributed by atoms with Gasteiger partial charge >= 0.3 is 6.09 Å². The number of hydrogen-bond donors (Lipinski definition) is 1. The van der Waals surface area contributed by atoms with Gasteiger partial charge in [-0.3, -0.25) is 0 Å². The third-order valence-corrected chi connectivity index (χ3v) is 4.34. The Morgan fingerprint density at radius 3 is 2.72 bits per heavy atom. The minimum atomic E-state index is -0.237. The van der Waals surface area contributed by atoms with Crippen LogP contribution in [0.15, 0.2) is 36.7 Å². The zero-order valence-electron chi connectivity index (χ0n) is 14.3. The number of carbonyl (C=O) groups excluding carboxylic acids is 1. The third kappa shape index (κ3) is 4.49. The molecule has 1 aromatic heterocycles. The van der Waals surface area contributed by atoms with Gasteiger partial charge in [-0.15, -0.1) is 0 Å². The van der Waals surface area contributed by atoms with E-state index in [0.717, 1.165) is 24.4 Å². The molecule has 0 bridgehead atoms. The first kappa shape index (κ1) is 17.3. The summed E-state index contributed by atoms with van der Waals surface area (Å²) in [5, 5.41) is 3.45. The van der Waals surface area contributed by atoms with Gasteiger partial charge in [-0.2, -0.15) is 0 Å². The first-order valence-electron chi connectivity index (χ1n) is 8.59. The Hall–Kier alpha value is -2.57. The molecule has 0 saturated carbocycles. The quantitative estimate of drug-likeness (QED) is 0.904. The zero-order chi connectivity index (χ0) is 17.6. The molecular weight excluding hydrogens is 323 g/mol. The van der Waals surface area contributed by atoms with Crippen LogP contribution in [0, 0.1) is 5.82 Å². The number of nitrogens with one attached hydrogen (secondary N) is 1. The maximum absolute atomic E-state index is 13.0. The summed E-state index contributed by atoms with van der Waals surface area (Å²) in [5.74, 6) is 0.556. The van der Waals surface area contributed by atoms with Gasteiger partial charge in [0.15, 0.2) is 0 Å². The lowest BCUT2D eigenvalue weighted by molar-refractivity contribution is 0.0983. The number of piperidine rings is 1. The molecule has 1 fully saturated rings. The summed E-state index contributed by atoms with van der Waals surface area (Å²) < 4.78 is 20.1. The first-order chi connectivity index (χ1) is 12.2. The van der Waals surface area contributed by atoms with E-state index in [2.05, 4.69) is 10.3 Å². The van der Waals surface area contributed by atoms with Gasteiger partial charge in [0.25, 0.3) is 0 Å². The number of likely N-dealkylation sites (tertiary alicyclic amines) is 1. The molecule has 7 heteroatoms. The molecule has 1 N–H and O–H groups in total. The third-order valence-electron chi connectivity index (χ3n) is 4.34. The van der Waals surface area contributed by atoms with Gasteiger partial charge in [0.1, 0.15) is 5.82 Å². The second-order valence-electron chi connectivity index (χ2n) is 6.11. The molecule has 25 heavy (non-hydrogen) atoms. The summed E-state index contributed by atoms with van der Waals surface area (Å²) in [4.78, 5) is 17.9. The maximum atomic E-state index is 13.0. The van der Waals surface area contributed by atoms with Gasteiger partial charge in [0.05, 0.1) is 13.2 Å². The molecule has 134 valence electrons. The number of halogens is 1. The number of rotatable bonds is 5. The zero-order valence-corrected chi connectivity index (χ0v) is 14.3. The molecule has 0 unspecified atom stereocenters. The Morgan fingerprint density at radius 2 is 2.04 bits per heavy atom. The number of hydrogen-bond acceptors (Lipinski definition) is 4. The predicted octanol–water partition coefficient (Wildman–Crippen LogP) is 3.10. The molecular formula is C18H23FN4O2. The van der Waals surface area contributed by atoms with Crippen LogP contribution in [0.5, 0.6) is 0 Å². The van der Waals surface area contributed by atoms with Crippen molar-refractivity contribution in [1.29, 1.82) is 0 Å². The number of ether oxygens (including phenoxy) is 1. The molecule has 0 spiro atoms. The highest BCUT2D eigenvalue weighted by atomic mass is 19.1. The summed E-state index contributed by atoms with van der Waals surface area (Å²) >= 11 is 0. The second kappa shape index (κ2) is 8.00. The highest BCUT2D eigenvalue weighted by molar-refractivity contribution is 5.67. The lowest BCUT2D eigenvalue weighted by atomic mass is 10.1. The molecule has 1 saturated heterocycles. The smallest absolute Gasteiger partial charge is 0.409 e. The summed E-state index contributed by atoms with van der Waals surface area (Å²) in [6.45, 7) is 4.19. The summed E-state index contributed by atoms with van der Waals surface area (Å²) in [5.41, 5.74) is 1.01. The molecule has 1 amide bonds. The molecule has 1 aliphatic heterocycles. The average Bonchev–Trinajstić information content (AvgIpc) is 3.04. The molecule has 1 aliphatic rings. The monoisotopic (exact) mass is 346 g/mol. The molecule has 2 aromatic rings. The van der Waals surface area contributed by atoms with Crippen LogP contribution in [0.2, 0.25) is 0 Å². The number of amides is 1. The van der Waals surface area contributed by atoms with Crippen molar-refractivity contribution < 1.29 is 13.9 Å². The Morgan fingerprint density at radius 1 is 1.32 bits per heavy atom. The van der Waals surface area contributed by atoms with Crippen LogP contribution in [0.1, 0.15) is 25.3 Å². The van der Waals surface area contributed by atoms with E-state index in [4.69, 9.17) is 4.74 Å². The van der Waals surface area contributed by atoms with Crippen molar-refractivity contribution in [3.05, 3.63) is 48.0 Å². The summed E-state index contributed by atoms with van der Waals surface area (Å²) in [7, 11) is 0. The molecule has 0 atom stereocenters. The average molecular weight is 346 g/mol. The Balaban J connectivity index is 1.55. The fourth-order valence-corrected chi connectivity index (χ4v) is 2.97. The van der Waals surface area contributed by atoms with Crippen molar-refractivity contribution in [3.8, 4) is 0 Å². The topological polar surface area (TPSA) is 59.4 Å².